The highest BCUT2D eigenvalue weighted by Crippen LogP contribution is 2.44. The number of nitrogens with zero attached hydrogens (tertiary/aromatic N) is 2. The van der Waals surface area contributed by atoms with E-state index in [1.165, 1.54) is 35.4 Å². The molecule has 4 atom stereocenters. The molecule has 0 radical (unpaired) electrons. The number of alkyl halides is 3. The Labute approximate surface area is 240 Å². The number of sulfonamides is 1. The number of fused-ring (bicyclic) bond motifs is 1. The lowest BCUT2D eigenvalue weighted by Crippen LogP contribution is -2.56. The number of halogens is 3. The lowest BCUT2D eigenvalue weighted by Gasteiger charge is -2.30. The minimum Gasteiger partial charge on any atom is -0.475 e. The molecule has 2 aliphatic heterocycles. The fourth-order valence-electron chi connectivity index (χ4n) is 5.16. The number of imide groups is 1. The molecule has 0 spiro atoms. The first-order chi connectivity index (χ1) is 19.6. The number of rotatable bonds is 8. The summed E-state index contributed by atoms with van der Waals surface area (Å²) in [4.78, 5) is 50.0. The number of hydrogen-bond acceptors (Lipinski definition) is 8. The van der Waals surface area contributed by atoms with Gasteiger partial charge in [0.25, 0.3) is 0 Å². The molecular formula is C27H30F3N3O8S. The Morgan fingerprint density at radius 2 is 1.57 bits per heavy atom. The predicted molar refractivity (Wildman–Crippen MR) is 141 cm³/mol. The number of carboxylic acids is 1. The Hall–Kier alpha value is -3.82. The zero-order valence-electron chi connectivity index (χ0n) is 22.9. The van der Waals surface area contributed by atoms with Crippen molar-refractivity contribution in [2.24, 2.45) is 11.8 Å². The smallest absolute Gasteiger partial charge is 0.475 e. The molecule has 2 N–H and O–H groups in total. The molecule has 0 aliphatic carbocycles. The van der Waals surface area contributed by atoms with Crippen LogP contribution >= 0.6 is 0 Å². The molecule has 2 saturated heterocycles. The number of methoxy groups -OCH3 is 1. The summed E-state index contributed by atoms with van der Waals surface area (Å²) in [5, 5.41) is 10.2. The molecule has 2 fully saturated rings. The van der Waals surface area contributed by atoms with Crippen molar-refractivity contribution in [3.63, 3.8) is 0 Å². The number of hydrogen-bond donors (Lipinski definition) is 2. The molecule has 2 aromatic carbocycles. The third kappa shape index (κ3) is 6.47. The fraction of sp³-hybridized carbons (Fsp3) is 0.407. The van der Waals surface area contributed by atoms with Crippen molar-refractivity contribution in [1.82, 2.24) is 14.5 Å². The van der Waals surface area contributed by atoms with Crippen molar-refractivity contribution in [3.05, 3.63) is 66.2 Å². The third-order valence-electron chi connectivity index (χ3n) is 7.15. The molecule has 15 heteroatoms. The van der Waals surface area contributed by atoms with Gasteiger partial charge in [0.05, 0.1) is 30.4 Å². The monoisotopic (exact) mass is 613 g/mol. The molecule has 0 unspecified atom stereocenters. The van der Waals surface area contributed by atoms with Gasteiger partial charge < -0.3 is 9.84 Å². The summed E-state index contributed by atoms with van der Waals surface area (Å²) in [7, 11) is -2.64. The second-order valence-corrected chi connectivity index (χ2v) is 11.7. The number of carbonyl (C=O) groups excluding carboxylic acids is 3. The molecule has 0 saturated carbocycles. The van der Waals surface area contributed by atoms with Gasteiger partial charge in [0, 0.05) is 19.1 Å². The van der Waals surface area contributed by atoms with Crippen molar-refractivity contribution < 1.29 is 50.6 Å². The van der Waals surface area contributed by atoms with E-state index < -0.39 is 63.4 Å². The Morgan fingerprint density at radius 3 is 2.05 bits per heavy atom. The Bertz CT molecular complexity index is 1420. The molecule has 0 bridgehead atoms. The minimum absolute atomic E-state index is 0.0787. The first-order valence-corrected chi connectivity index (χ1v) is 14.1. The molecule has 228 valence electrons. The number of esters is 1. The average Bonchev–Trinajstić information content (AvgIpc) is 3.39. The van der Waals surface area contributed by atoms with E-state index in [-0.39, 0.29) is 24.5 Å². The number of carbonyl (C=O) groups is 4. The number of nitrogens with one attached hydrogen (secondary N) is 1. The number of benzene rings is 2. The second kappa shape index (κ2) is 12.6. The van der Waals surface area contributed by atoms with Crippen LogP contribution in [0.4, 0.5) is 13.2 Å². The Kier molecular flexibility index (Phi) is 9.80. The number of likely N-dealkylation sites (N-methyl/N-ethyl adjacent to an activating group) is 1. The van der Waals surface area contributed by atoms with E-state index >= 15 is 0 Å². The van der Waals surface area contributed by atoms with E-state index in [4.69, 9.17) is 14.6 Å². The van der Waals surface area contributed by atoms with Crippen LogP contribution in [0.2, 0.25) is 0 Å². The maximum Gasteiger partial charge on any atom is 0.490 e. The zero-order chi connectivity index (χ0) is 31.5. The van der Waals surface area contributed by atoms with E-state index in [0.29, 0.717) is 0 Å². The maximum atomic E-state index is 13.5. The molecule has 42 heavy (non-hydrogen) atoms. The van der Waals surface area contributed by atoms with Crippen LogP contribution < -0.4 is 5.32 Å². The standard InChI is InChI=1S/C25H29N3O6S.C2HF3O2/c1-4-27(35(32,33)18-13-9-6-10-14-18)16-19-20-21(25(2,26-19)24(31)34-3)23(30)28(22(20)29)15-17-11-7-5-8-12-17;3-2(4,5)1(6)7/h5-14,19-21,26H,4,15-16H2,1-3H3;(H,6,7)/t19-,20+,21-,25-;/m1./s1. The summed E-state index contributed by atoms with van der Waals surface area (Å²) >= 11 is 0. The van der Waals surface area contributed by atoms with Crippen LogP contribution in [0.1, 0.15) is 19.4 Å². The van der Waals surface area contributed by atoms with Gasteiger partial charge in [-0.2, -0.15) is 17.5 Å². The van der Waals surface area contributed by atoms with Gasteiger partial charge >= 0.3 is 18.1 Å². The van der Waals surface area contributed by atoms with Crippen LogP contribution in [-0.4, -0.2) is 84.4 Å². The number of ether oxygens (including phenoxy) is 1. The highest BCUT2D eigenvalue weighted by atomic mass is 32.2. The third-order valence-corrected chi connectivity index (χ3v) is 9.11. The van der Waals surface area contributed by atoms with E-state index in [0.717, 1.165) is 5.56 Å². The van der Waals surface area contributed by atoms with Crippen LogP contribution in [0.15, 0.2) is 65.6 Å². The van der Waals surface area contributed by atoms with Crippen LogP contribution in [0.25, 0.3) is 0 Å². The van der Waals surface area contributed by atoms with Gasteiger partial charge in [0.1, 0.15) is 5.54 Å². The Balaban J connectivity index is 0.000000616. The fourth-order valence-corrected chi connectivity index (χ4v) is 6.66. The van der Waals surface area contributed by atoms with Crippen molar-refractivity contribution >= 4 is 33.8 Å². The van der Waals surface area contributed by atoms with Gasteiger partial charge in [-0.25, -0.2) is 13.2 Å². The zero-order valence-corrected chi connectivity index (χ0v) is 23.7. The van der Waals surface area contributed by atoms with Gasteiger partial charge in [-0.1, -0.05) is 55.5 Å². The van der Waals surface area contributed by atoms with Gasteiger partial charge in [-0.3, -0.25) is 24.6 Å². The van der Waals surface area contributed by atoms with Crippen molar-refractivity contribution in [1.29, 1.82) is 0 Å². The van der Waals surface area contributed by atoms with E-state index in [1.54, 1.807) is 25.1 Å². The first kappa shape index (κ1) is 32.7. The summed E-state index contributed by atoms with van der Waals surface area (Å²) in [5.41, 5.74) is -0.696. The summed E-state index contributed by atoms with van der Waals surface area (Å²) < 4.78 is 64.6. The van der Waals surface area contributed by atoms with Gasteiger partial charge in [-0.05, 0) is 24.6 Å². The quantitative estimate of drug-likeness (QED) is 0.337. The summed E-state index contributed by atoms with van der Waals surface area (Å²) in [6.45, 7) is 3.39. The molecular weight excluding hydrogens is 583 g/mol. The van der Waals surface area contributed by atoms with Crippen LogP contribution in [0.3, 0.4) is 0 Å². The van der Waals surface area contributed by atoms with Gasteiger partial charge in [-0.15, -0.1) is 0 Å². The molecule has 2 aromatic rings. The van der Waals surface area contributed by atoms with E-state index in [9.17, 15) is 36.0 Å². The lowest BCUT2D eigenvalue weighted by molar-refractivity contribution is -0.192. The number of aliphatic carboxylic acids is 1. The summed E-state index contributed by atoms with van der Waals surface area (Å²) in [5.74, 6) is -6.24. The topological polar surface area (TPSA) is 150 Å². The highest BCUT2D eigenvalue weighted by Gasteiger charge is 2.66. The highest BCUT2D eigenvalue weighted by molar-refractivity contribution is 7.89. The largest absolute Gasteiger partial charge is 0.490 e. The predicted octanol–water partition coefficient (Wildman–Crippen LogP) is 2.04. The van der Waals surface area contributed by atoms with Crippen LogP contribution in [0.5, 0.6) is 0 Å². The molecule has 2 aliphatic rings. The summed E-state index contributed by atoms with van der Waals surface area (Å²) in [6, 6.07) is 16.4. The maximum absolute atomic E-state index is 13.5. The van der Waals surface area contributed by atoms with Crippen LogP contribution in [0, 0.1) is 11.8 Å². The first-order valence-electron chi connectivity index (χ1n) is 12.7. The van der Waals surface area contributed by atoms with Gasteiger partial charge in [0.15, 0.2) is 0 Å². The second-order valence-electron chi connectivity index (χ2n) is 9.77. The molecule has 2 heterocycles. The van der Waals surface area contributed by atoms with E-state index in [2.05, 4.69) is 5.32 Å². The van der Waals surface area contributed by atoms with Crippen molar-refractivity contribution in [3.8, 4) is 0 Å². The number of amides is 2. The Morgan fingerprint density at radius 1 is 1.05 bits per heavy atom. The normalized spacial score (nSPS) is 23.8. The van der Waals surface area contributed by atoms with Crippen LogP contribution in [-0.2, 0) is 40.5 Å². The molecule has 2 amide bonds. The minimum atomic E-state index is -5.08. The lowest BCUT2D eigenvalue weighted by atomic mass is 9.81. The molecule has 4 rings (SSSR count). The van der Waals surface area contributed by atoms with E-state index in [1.807, 2.05) is 30.3 Å². The molecule has 0 aromatic heterocycles. The van der Waals surface area contributed by atoms with Gasteiger partial charge in [0.2, 0.25) is 21.8 Å². The number of carboxylic acid groups (broad SMARTS) is 1. The van der Waals surface area contributed by atoms with Crippen molar-refractivity contribution in [2.75, 3.05) is 20.2 Å². The van der Waals surface area contributed by atoms with Crippen molar-refractivity contribution in [2.45, 2.75) is 43.0 Å². The number of likely N-dealkylation sites (tertiary alicyclic amines) is 1. The summed E-state index contributed by atoms with van der Waals surface area (Å²) in [6.07, 6.45) is -5.08. The average molecular weight is 614 g/mol. The molecule has 11 nitrogen and oxygen atoms in total. The SMILES string of the molecule is CCN(C[C@H]1N[C@@](C)(C(=O)OC)[C@H]2C(=O)N(Cc3ccccc3)C(=O)[C@@H]12)S(=O)(=O)c1ccccc1.O=C(O)C(F)(F)F.